The van der Waals surface area contributed by atoms with Gasteiger partial charge in [-0.3, -0.25) is 15.1 Å². The van der Waals surface area contributed by atoms with E-state index in [9.17, 15) is 14.0 Å². The van der Waals surface area contributed by atoms with Crippen molar-refractivity contribution in [2.24, 2.45) is 0 Å². The lowest BCUT2D eigenvalue weighted by Crippen LogP contribution is -2.44. The summed E-state index contributed by atoms with van der Waals surface area (Å²) in [7, 11) is 0. The molecule has 0 radical (unpaired) electrons. The van der Waals surface area contributed by atoms with Gasteiger partial charge in [-0.15, -0.1) is 0 Å². The van der Waals surface area contributed by atoms with Gasteiger partial charge in [0.2, 0.25) is 5.91 Å². The van der Waals surface area contributed by atoms with Crippen molar-refractivity contribution in [2.45, 2.75) is 18.6 Å². The van der Waals surface area contributed by atoms with E-state index in [4.69, 9.17) is 22.1 Å². The maximum Gasteiger partial charge on any atom is 0.412 e. The van der Waals surface area contributed by atoms with E-state index in [0.717, 1.165) is 10.0 Å². The van der Waals surface area contributed by atoms with Crippen LogP contribution in [-0.4, -0.2) is 44.8 Å². The summed E-state index contributed by atoms with van der Waals surface area (Å²) in [5.74, 6) is -0.657. The number of carbonyl (C=O) groups excluding carboxylic acids is 2. The molecule has 2 aliphatic heterocycles. The molecule has 0 unspecified atom stereocenters. The fourth-order valence-electron chi connectivity index (χ4n) is 4.23. The number of amides is 2. The van der Waals surface area contributed by atoms with E-state index in [1.165, 1.54) is 21.7 Å². The lowest BCUT2D eigenvalue weighted by atomic mass is 9.89. The minimum atomic E-state index is -1.31. The van der Waals surface area contributed by atoms with E-state index in [1.807, 2.05) is 6.07 Å². The van der Waals surface area contributed by atoms with Gasteiger partial charge in [0.15, 0.2) is 11.4 Å². The summed E-state index contributed by atoms with van der Waals surface area (Å²) in [6.45, 7) is 0.134. The summed E-state index contributed by atoms with van der Waals surface area (Å²) < 4.78 is 22.6. The smallest absolute Gasteiger partial charge is 0.412 e. The Kier molecular flexibility index (Phi) is 5.25. The average Bonchev–Trinajstić information content (AvgIpc) is 3.35. The van der Waals surface area contributed by atoms with Gasteiger partial charge < -0.3 is 15.4 Å². The van der Waals surface area contributed by atoms with Crippen LogP contribution in [0.1, 0.15) is 12.0 Å². The molecule has 3 N–H and O–H groups in total. The SMILES string of the molecule is Nc1cc(-c2cncc(Br)c2)nn1CC(=O)N1CC[C@@]2(C1)OC(=O)Nc1ccc(Cl)c(F)c12. The third-order valence-electron chi connectivity index (χ3n) is 5.76. The van der Waals surface area contributed by atoms with Gasteiger partial charge >= 0.3 is 6.09 Å². The molecule has 33 heavy (non-hydrogen) atoms. The quantitative estimate of drug-likeness (QED) is 0.528. The standard InChI is InChI=1S/C21H17BrClFN6O3/c22-12-5-11(7-26-8-12)15-6-16(25)30(28-15)9-17(31)29-4-3-21(10-29)18-14(27-20(32)33-21)2-1-13(23)19(18)24/h1-2,5-8H,3-4,9-10,25H2,(H,27,32)/t21-/m0/s1. The van der Waals surface area contributed by atoms with E-state index in [2.05, 4.69) is 31.3 Å². The number of nitrogen functional groups attached to an aromatic ring is 1. The maximum absolute atomic E-state index is 14.9. The van der Waals surface area contributed by atoms with Crippen molar-refractivity contribution in [1.29, 1.82) is 0 Å². The van der Waals surface area contributed by atoms with E-state index in [0.29, 0.717) is 11.5 Å². The van der Waals surface area contributed by atoms with Gasteiger partial charge in [0, 0.05) is 41.5 Å². The molecule has 4 heterocycles. The minimum Gasteiger partial charge on any atom is -0.436 e. The number of ether oxygens (including phenoxy) is 1. The molecule has 0 bridgehead atoms. The van der Waals surface area contributed by atoms with E-state index >= 15 is 0 Å². The van der Waals surface area contributed by atoms with Gasteiger partial charge in [-0.25, -0.2) is 13.9 Å². The third kappa shape index (κ3) is 3.80. The second-order valence-electron chi connectivity index (χ2n) is 7.86. The first-order valence-electron chi connectivity index (χ1n) is 9.96. The molecule has 12 heteroatoms. The highest BCUT2D eigenvalue weighted by molar-refractivity contribution is 9.10. The molecule has 170 valence electrons. The Bertz CT molecular complexity index is 1300. The number of halogens is 3. The third-order valence-corrected chi connectivity index (χ3v) is 6.48. The molecule has 2 aliphatic rings. The topological polar surface area (TPSA) is 115 Å². The van der Waals surface area contributed by atoms with Gasteiger partial charge in [-0.2, -0.15) is 5.10 Å². The molecule has 1 aromatic carbocycles. The van der Waals surface area contributed by atoms with Gasteiger partial charge in [-0.05, 0) is 34.1 Å². The number of pyridine rings is 1. The number of nitrogens with two attached hydrogens (primary N) is 1. The second kappa shape index (κ2) is 7.99. The summed E-state index contributed by atoms with van der Waals surface area (Å²) in [4.78, 5) is 30.8. The Labute approximate surface area is 200 Å². The molecule has 1 fully saturated rings. The molecule has 1 spiro atoms. The highest BCUT2D eigenvalue weighted by atomic mass is 79.9. The molecular weight excluding hydrogens is 519 g/mol. The predicted molar refractivity (Wildman–Crippen MR) is 122 cm³/mol. The number of rotatable bonds is 3. The number of benzene rings is 1. The number of nitrogens with zero attached hydrogens (tertiary/aromatic N) is 4. The van der Waals surface area contributed by atoms with Crippen LogP contribution in [0.2, 0.25) is 5.02 Å². The largest absolute Gasteiger partial charge is 0.436 e. The zero-order valence-corrected chi connectivity index (χ0v) is 19.4. The summed E-state index contributed by atoms with van der Waals surface area (Å²) >= 11 is 9.34. The van der Waals surface area contributed by atoms with Crippen molar-refractivity contribution in [3.63, 3.8) is 0 Å². The Balaban J connectivity index is 1.38. The van der Waals surface area contributed by atoms with Crippen LogP contribution in [0, 0.1) is 5.82 Å². The number of carbonyl (C=O) groups is 2. The van der Waals surface area contributed by atoms with Crippen LogP contribution in [0.5, 0.6) is 0 Å². The number of likely N-dealkylation sites (tertiary alicyclic amines) is 1. The lowest BCUT2D eigenvalue weighted by Gasteiger charge is -2.35. The van der Waals surface area contributed by atoms with Crippen molar-refractivity contribution in [1.82, 2.24) is 19.7 Å². The second-order valence-corrected chi connectivity index (χ2v) is 9.18. The van der Waals surface area contributed by atoms with Crippen molar-refractivity contribution in [3.8, 4) is 11.3 Å². The first-order valence-corrected chi connectivity index (χ1v) is 11.1. The van der Waals surface area contributed by atoms with Gasteiger partial charge in [0.1, 0.15) is 12.4 Å². The van der Waals surface area contributed by atoms with Crippen molar-refractivity contribution < 1.29 is 18.7 Å². The molecule has 1 saturated heterocycles. The minimum absolute atomic E-state index is 0.00685. The number of hydrogen-bond donors (Lipinski definition) is 2. The Hall–Kier alpha value is -3.18. The van der Waals surface area contributed by atoms with Gasteiger partial charge in [0.05, 0.1) is 28.5 Å². The first kappa shape index (κ1) is 21.7. The van der Waals surface area contributed by atoms with Crippen LogP contribution >= 0.6 is 27.5 Å². The van der Waals surface area contributed by atoms with Crippen LogP contribution < -0.4 is 11.1 Å². The molecule has 2 amide bonds. The number of anilines is 2. The summed E-state index contributed by atoms with van der Waals surface area (Å²) in [5.41, 5.74) is 6.51. The van der Waals surface area contributed by atoms with Crippen molar-refractivity contribution in [2.75, 3.05) is 24.1 Å². The summed E-state index contributed by atoms with van der Waals surface area (Å²) in [5, 5.41) is 6.82. The molecule has 2 aromatic heterocycles. The number of nitrogens with one attached hydrogen (secondary N) is 1. The van der Waals surface area contributed by atoms with Crippen LogP contribution in [0.3, 0.4) is 0 Å². The molecule has 3 aromatic rings. The van der Waals surface area contributed by atoms with E-state index < -0.39 is 17.5 Å². The number of aromatic nitrogens is 3. The number of fused-ring (bicyclic) bond motifs is 2. The monoisotopic (exact) mass is 534 g/mol. The molecule has 0 saturated carbocycles. The van der Waals surface area contributed by atoms with E-state index in [1.54, 1.807) is 18.5 Å². The average molecular weight is 536 g/mol. The molecule has 1 atom stereocenters. The molecule has 5 rings (SSSR count). The predicted octanol–water partition coefficient (Wildman–Crippen LogP) is 3.77. The van der Waals surface area contributed by atoms with Gasteiger partial charge in [-0.1, -0.05) is 11.6 Å². The van der Waals surface area contributed by atoms with E-state index in [-0.39, 0.29) is 48.2 Å². The maximum atomic E-state index is 14.9. The summed E-state index contributed by atoms with van der Waals surface area (Å²) in [6.07, 6.45) is 2.83. The lowest BCUT2D eigenvalue weighted by molar-refractivity contribution is -0.132. The molecule has 9 nitrogen and oxygen atoms in total. The highest BCUT2D eigenvalue weighted by Gasteiger charge is 2.50. The zero-order chi connectivity index (χ0) is 23.3. The fraction of sp³-hybridized carbons (Fsp3) is 0.238. The Morgan fingerprint density at radius 3 is 2.97 bits per heavy atom. The molecular formula is C21H17BrClFN6O3. The van der Waals surface area contributed by atoms with Crippen molar-refractivity contribution in [3.05, 3.63) is 57.5 Å². The van der Waals surface area contributed by atoms with Crippen LogP contribution in [-0.2, 0) is 21.7 Å². The van der Waals surface area contributed by atoms with Gasteiger partial charge in [0.25, 0.3) is 0 Å². The number of hydrogen-bond acceptors (Lipinski definition) is 6. The highest BCUT2D eigenvalue weighted by Crippen LogP contribution is 2.45. The fourth-order valence-corrected chi connectivity index (χ4v) is 4.75. The Morgan fingerprint density at radius 1 is 1.36 bits per heavy atom. The van der Waals surface area contributed by atoms with Crippen LogP contribution in [0.15, 0.2) is 41.1 Å². The van der Waals surface area contributed by atoms with Crippen LogP contribution in [0.4, 0.5) is 20.7 Å². The molecule has 0 aliphatic carbocycles. The zero-order valence-electron chi connectivity index (χ0n) is 17.0. The first-order chi connectivity index (χ1) is 15.8. The Morgan fingerprint density at radius 2 is 2.18 bits per heavy atom. The normalized spacial score (nSPS) is 19.4. The van der Waals surface area contributed by atoms with Crippen molar-refractivity contribution >= 4 is 51.0 Å². The van der Waals surface area contributed by atoms with Crippen LogP contribution in [0.25, 0.3) is 11.3 Å². The summed E-state index contributed by atoms with van der Waals surface area (Å²) in [6, 6.07) is 6.39.